The fourth-order valence-electron chi connectivity index (χ4n) is 1.01. The van der Waals surface area contributed by atoms with Gasteiger partial charge in [-0.05, 0) is 40.0 Å². The van der Waals surface area contributed by atoms with Crippen LogP contribution < -0.4 is 0 Å². The van der Waals surface area contributed by atoms with Crippen molar-refractivity contribution in [2.45, 2.75) is 25.4 Å². The van der Waals surface area contributed by atoms with Crippen molar-refractivity contribution >= 4 is 9.52 Å². The number of nitrogens with zero attached hydrogens (tertiary/aromatic N) is 1. The summed E-state index contributed by atoms with van der Waals surface area (Å²) >= 11 is 0. The number of hydrogen-bond acceptors (Lipinski definition) is 2. The smallest absolute Gasteiger partial charge is 0.0437 e. The molecule has 0 aliphatic rings. The summed E-state index contributed by atoms with van der Waals surface area (Å²) in [4.78, 5) is 2.25. The third-order valence-corrected chi connectivity index (χ3v) is 3.14. The molecule has 0 amide bonds. The summed E-state index contributed by atoms with van der Waals surface area (Å²) in [6, 6.07) is 2.73. The van der Waals surface area contributed by atoms with E-state index in [9.17, 15) is 0 Å². The van der Waals surface area contributed by atoms with Crippen molar-refractivity contribution in [2.24, 2.45) is 0 Å². The molecule has 2 nitrogen and oxygen atoms in total. The van der Waals surface area contributed by atoms with Crippen LogP contribution >= 0.6 is 0 Å². The molecular formula is C9H22NOSi. The van der Waals surface area contributed by atoms with Gasteiger partial charge in [-0.1, -0.05) is 6.04 Å². The maximum Gasteiger partial charge on any atom is 0.0437 e. The Hall–Kier alpha value is 0.137. The Morgan fingerprint density at radius 1 is 1.25 bits per heavy atom. The van der Waals surface area contributed by atoms with E-state index in [1.807, 2.05) is 0 Å². The van der Waals surface area contributed by atoms with Crippen LogP contribution in [-0.4, -0.2) is 48.3 Å². The first-order valence-electron chi connectivity index (χ1n) is 4.81. The van der Waals surface area contributed by atoms with E-state index in [4.69, 9.17) is 4.74 Å². The van der Waals surface area contributed by atoms with Gasteiger partial charge in [0.05, 0.1) is 0 Å². The minimum atomic E-state index is 0.643. The lowest BCUT2D eigenvalue weighted by Crippen LogP contribution is -2.13. The van der Waals surface area contributed by atoms with Crippen LogP contribution in [0.3, 0.4) is 0 Å². The lowest BCUT2D eigenvalue weighted by molar-refractivity contribution is 0.162. The van der Waals surface area contributed by atoms with Crippen molar-refractivity contribution in [1.82, 2.24) is 4.90 Å². The molecule has 0 rings (SSSR count). The van der Waals surface area contributed by atoms with Crippen molar-refractivity contribution in [3.05, 3.63) is 0 Å². The number of rotatable bonds is 8. The van der Waals surface area contributed by atoms with Crippen LogP contribution in [0.25, 0.3) is 0 Å². The molecule has 0 fully saturated rings. The molecule has 0 saturated carbocycles. The standard InChI is InChI=1S/C9H22NOSi/c1-4-11-7-9-12-8-5-6-10(2)3/h12H,4-9H2,1-3H3. The number of ether oxygens (including phenoxy) is 1. The van der Waals surface area contributed by atoms with E-state index in [0.29, 0.717) is 9.52 Å². The predicted molar refractivity (Wildman–Crippen MR) is 56.4 cm³/mol. The summed E-state index contributed by atoms with van der Waals surface area (Å²) in [5.74, 6) is 0. The Labute approximate surface area is 79.1 Å². The number of hydrogen-bond donors (Lipinski definition) is 0. The first kappa shape index (κ1) is 12.1. The molecule has 0 heterocycles. The van der Waals surface area contributed by atoms with Crippen LogP contribution in [0.5, 0.6) is 0 Å². The van der Waals surface area contributed by atoms with Gasteiger partial charge in [0, 0.05) is 22.7 Å². The zero-order valence-corrected chi connectivity index (χ0v) is 9.83. The van der Waals surface area contributed by atoms with E-state index in [2.05, 4.69) is 25.9 Å². The van der Waals surface area contributed by atoms with E-state index in [-0.39, 0.29) is 0 Å². The first-order valence-corrected chi connectivity index (χ1v) is 6.44. The molecule has 0 N–H and O–H groups in total. The van der Waals surface area contributed by atoms with Crippen molar-refractivity contribution in [3.8, 4) is 0 Å². The van der Waals surface area contributed by atoms with Gasteiger partial charge in [-0.2, -0.15) is 0 Å². The molecule has 73 valence electrons. The highest BCUT2D eigenvalue weighted by Gasteiger charge is 1.92. The fraction of sp³-hybridized carbons (Fsp3) is 1.00. The van der Waals surface area contributed by atoms with Gasteiger partial charge in [-0.3, -0.25) is 0 Å². The van der Waals surface area contributed by atoms with Crippen LogP contribution in [0.2, 0.25) is 12.1 Å². The highest BCUT2D eigenvalue weighted by molar-refractivity contribution is 6.35. The molecule has 0 unspecified atom stereocenters. The lowest BCUT2D eigenvalue weighted by Gasteiger charge is -2.08. The summed E-state index contributed by atoms with van der Waals surface area (Å²) in [6.07, 6.45) is 1.36. The maximum atomic E-state index is 5.27. The molecule has 0 spiro atoms. The van der Waals surface area contributed by atoms with E-state index in [1.165, 1.54) is 25.1 Å². The highest BCUT2D eigenvalue weighted by atomic mass is 28.2. The SMILES string of the molecule is CCOCC[SiH]CCCN(C)C. The van der Waals surface area contributed by atoms with Gasteiger partial charge in [0.1, 0.15) is 0 Å². The van der Waals surface area contributed by atoms with Gasteiger partial charge in [-0.15, -0.1) is 0 Å². The molecule has 0 aliphatic carbocycles. The third kappa shape index (κ3) is 10.1. The van der Waals surface area contributed by atoms with Crippen LogP contribution in [0.15, 0.2) is 0 Å². The maximum absolute atomic E-state index is 5.27. The molecule has 0 saturated heterocycles. The van der Waals surface area contributed by atoms with Crippen molar-refractivity contribution in [2.75, 3.05) is 33.9 Å². The summed E-state index contributed by atoms with van der Waals surface area (Å²) in [6.45, 7) is 5.15. The Morgan fingerprint density at radius 3 is 2.58 bits per heavy atom. The molecule has 0 atom stereocenters. The van der Waals surface area contributed by atoms with Crippen LogP contribution in [0, 0.1) is 0 Å². The zero-order valence-electron chi connectivity index (χ0n) is 8.68. The Bertz CT molecular complexity index is 88.6. The average molecular weight is 188 g/mol. The topological polar surface area (TPSA) is 12.5 Å². The second-order valence-electron chi connectivity index (χ2n) is 3.22. The fourth-order valence-corrected chi connectivity index (χ4v) is 2.10. The van der Waals surface area contributed by atoms with E-state index >= 15 is 0 Å². The van der Waals surface area contributed by atoms with E-state index in [1.54, 1.807) is 0 Å². The minimum Gasteiger partial charge on any atom is -0.382 e. The molecule has 0 aromatic carbocycles. The predicted octanol–water partition coefficient (Wildman–Crippen LogP) is 1.25. The Balaban J connectivity index is 2.82. The summed E-state index contributed by atoms with van der Waals surface area (Å²) < 4.78 is 5.27. The zero-order chi connectivity index (χ0) is 9.23. The largest absolute Gasteiger partial charge is 0.382 e. The molecule has 12 heavy (non-hydrogen) atoms. The molecule has 0 bridgehead atoms. The summed E-state index contributed by atoms with van der Waals surface area (Å²) in [7, 11) is 4.91. The van der Waals surface area contributed by atoms with Crippen LogP contribution in [-0.2, 0) is 4.74 Å². The molecule has 0 aromatic rings. The van der Waals surface area contributed by atoms with Crippen LogP contribution in [0.1, 0.15) is 13.3 Å². The Kier molecular flexibility index (Phi) is 9.33. The second kappa shape index (κ2) is 9.23. The quantitative estimate of drug-likeness (QED) is 0.420. The Morgan fingerprint density at radius 2 is 2.00 bits per heavy atom. The van der Waals surface area contributed by atoms with Gasteiger partial charge >= 0.3 is 0 Å². The van der Waals surface area contributed by atoms with Gasteiger partial charge in [-0.25, -0.2) is 0 Å². The molecular weight excluding hydrogens is 166 g/mol. The van der Waals surface area contributed by atoms with E-state index in [0.717, 1.165) is 13.2 Å². The molecule has 3 heteroatoms. The van der Waals surface area contributed by atoms with Crippen molar-refractivity contribution in [1.29, 1.82) is 0 Å². The third-order valence-electron chi connectivity index (χ3n) is 1.68. The van der Waals surface area contributed by atoms with Crippen molar-refractivity contribution in [3.63, 3.8) is 0 Å². The second-order valence-corrected chi connectivity index (χ2v) is 4.95. The van der Waals surface area contributed by atoms with Gasteiger partial charge in [0.15, 0.2) is 0 Å². The van der Waals surface area contributed by atoms with Gasteiger partial charge < -0.3 is 9.64 Å². The lowest BCUT2D eigenvalue weighted by atomic mass is 10.5. The average Bonchev–Trinajstić information content (AvgIpc) is 2.02. The molecule has 0 aromatic heterocycles. The molecule has 1 radical (unpaired) electrons. The van der Waals surface area contributed by atoms with Crippen LogP contribution in [0.4, 0.5) is 0 Å². The summed E-state index contributed by atoms with van der Waals surface area (Å²) in [5, 5.41) is 0. The monoisotopic (exact) mass is 188 g/mol. The van der Waals surface area contributed by atoms with Gasteiger partial charge in [0.2, 0.25) is 0 Å². The minimum absolute atomic E-state index is 0.643. The highest BCUT2D eigenvalue weighted by Crippen LogP contribution is 1.94. The van der Waals surface area contributed by atoms with Gasteiger partial charge in [0.25, 0.3) is 0 Å². The molecule has 0 aliphatic heterocycles. The summed E-state index contributed by atoms with van der Waals surface area (Å²) in [5.41, 5.74) is 0. The first-order chi connectivity index (χ1) is 5.77. The van der Waals surface area contributed by atoms with E-state index < -0.39 is 0 Å². The normalized spacial score (nSPS) is 11.0. The van der Waals surface area contributed by atoms with Crippen molar-refractivity contribution < 1.29 is 4.74 Å².